The van der Waals surface area contributed by atoms with E-state index in [2.05, 4.69) is 19.5 Å². The van der Waals surface area contributed by atoms with Gasteiger partial charge in [-0.15, -0.1) is 0 Å². The Morgan fingerprint density at radius 2 is 2.26 bits per heavy atom. The van der Waals surface area contributed by atoms with Gasteiger partial charge in [-0.05, 0) is 18.6 Å². The average molecular weight is 254 g/mol. The van der Waals surface area contributed by atoms with Gasteiger partial charge < -0.3 is 14.3 Å². The van der Waals surface area contributed by atoms with Gasteiger partial charge in [-0.25, -0.2) is 9.97 Å². The summed E-state index contributed by atoms with van der Waals surface area (Å²) in [7, 11) is 0. The molecule has 1 atom stereocenters. The van der Waals surface area contributed by atoms with E-state index in [0.717, 1.165) is 42.3 Å². The summed E-state index contributed by atoms with van der Waals surface area (Å²) in [6.07, 6.45) is 4.85. The van der Waals surface area contributed by atoms with Gasteiger partial charge in [-0.3, -0.25) is 0 Å². The zero-order chi connectivity index (χ0) is 12.7. The Morgan fingerprint density at radius 1 is 1.32 bits per heavy atom. The highest BCUT2D eigenvalue weighted by molar-refractivity contribution is 5.78. The normalized spacial score (nSPS) is 19.3. The Labute approximate surface area is 110 Å². The fourth-order valence-electron chi connectivity index (χ4n) is 2.59. The molecule has 0 radical (unpaired) electrons. The molecular formula is C14H14N4O. The topological polar surface area (TPSA) is 55.7 Å². The Hall–Kier alpha value is -2.14. The molecule has 4 rings (SSSR count). The number of aromatic amines is 1. The Balaban J connectivity index is 1.81. The molecule has 0 amide bonds. The lowest BCUT2D eigenvalue weighted by atomic mass is 10.2. The van der Waals surface area contributed by atoms with E-state index >= 15 is 0 Å². The lowest BCUT2D eigenvalue weighted by molar-refractivity contribution is 0.187. The number of imidazole rings is 2. The second kappa shape index (κ2) is 4.20. The predicted molar refractivity (Wildman–Crippen MR) is 71.8 cm³/mol. The molecular weight excluding hydrogens is 240 g/mol. The quantitative estimate of drug-likeness (QED) is 0.764. The van der Waals surface area contributed by atoms with Crippen molar-refractivity contribution in [2.75, 3.05) is 13.2 Å². The van der Waals surface area contributed by atoms with Crippen molar-refractivity contribution in [3.05, 3.63) is 36.7 Å². The first-order valence-electron chi connectivity index (χ1n) is 6.47. The molecule has 2 aromatic heterocycles. The van der Waals surface area contributed by atoms with Crippen LogP contribution < -0.4 is 0 Å². The summed E-state index contributed by atoms with van der Waals surface area (Å²) in [6, 6.07) is 8.39. The molecule has 0 spiro atoms. The zero-order valence-electron chi connectivity index (χ0n) is 10.4. The number of H-pyrrole nitrogens is 1. The second-order valence-electron chi connectivity index (χ2n) is 4.78. The lowest BCUT2D eigenvalue weighted by Crippen LogP contribution is -2.09. The highest BCUT2D eigenvalue weighted by Gasteiger charge is 2.21. The van der Waals surface area contributed by atoms with Crippen molar-refractivity contribution in [3.63, 3.8) is 0 Å². The summed E-state index contributed by atoms with van der Waals surface area (Å²) in [6.45, 7) is 1.58. The first-order chi connectivity index (χ1) is 9.42. The molecule has 96 valence electrons. The van der Waals surface area contributed by atoms with E-state index in [4.69, 9.17) is 4.74 Å². The number of aromatic nitrogens is 4. The summed E-state index contributed by atoms with van der Waals surface area (Å²) >= 11 is 0. The summed E-state index contributed by atoms with van der Waals surface area (Å²) < 4.78 is 7.61. The lowest BCUT2D eigenvalue weighted by Gasteiger charge is -2.11. The van der Waals surface area contributed by atoms with Crippen LogP contribution in [0.4, 0.5) is 0 Å². The fourth-order valence-corrected chi connectivity index (χ4v) is 2.59. The van der Waals surface area contributed by atoms with Crippen LogP contribution in [0.1, 0.15) is 12.5 Å². The van der Waals surface area contributed by atoms with E-state index in [-0.39, 0.29) is 0 Å². The first-order valence-corrected chi connectivity index (χ1v) is 6.47. The van der Waals surface area contributed by atoms with Gasteiger partial charge in [0.05, 0.1) is 23.7 Å². The van der Waals surface area contributed by atoms with Crippen LogP contribution in [0, 0.1) is 0 Å². The highest BCUT2D eigenvalue weighted by atomic mass is 16.5. The SMILES string of the molecule is c1ccc2[nH]c(-c3nccn3C3CCOC3)nc2c1. The van der Waals surface area contributed by atoms with Gasteiger partial charge in [0.1, 0.15) is 0 Å². The summed E-state index contributed by atoms with van der Waals surface area (Å²) in [5.74, 6) is 1.70. The van der Waals surface area contributed by atoms with Crippen molar-refractivity contribution < 1.29 is 4.74 Å². The van der Waals surface area contributed by atoms with E-state index in [1.165, 1.54) is 0 Å². The van der Waals surface area contributed by atoms with Crippen LogP contribution in [0.3, 0.4) is 0 Å². The number of hydrogen-bond donors (Lipinski definition) is 1. The minimum absolute atomic E-state index is 0.366. The van der Waals surface area contributed by atoms with Gasteiger partial charge in [-0.2, -0.15) is 0 Å². The van der Waals surface area contributed by atoms with Crippen molar-refractivity contribution in [2.45, 2.75) is 12.5 Å². The minimum Gasteiger partial charge on any atom is -0.379 e. The smallest absolute Gasteiger partial charge is 0.176 e. The Bertz CT molecular complexity index is 676. The highest BCUT2D eigenvalue weighted by Crippen LogP contribution is 2.25. The van der Waals surface area contributed by atoms with Gasteiger partial charge in [0.15, 0.2) is 11.6 Å². The maximum atomic E-state index is 5.45. The van der Waals surface area contributed by atoms with Crippen molar-refractivity contribution in [1.82, 2.24) is 19.5 Å². The number of para-hydroxylation sites is 2. The molecule has 1 aliphatic rings. The van der Waals surface area contributed by atoms with Gasteiger partial charge in [0, 0.05) is 19.0 Å². The molecule has 3 heterocycles. The van der Waals surface area contributed by atoms with Crippen molar-refractivity contribution in [1.29, 1.82) is 0 Å². The number of hydrogen-bond acceptors (Lipinski definition) is 3. The van der Waals surface area contributed by atoms with E-state index in [1.807, 2.05) is 36.7 Å². The number of nitrogens with one attached hydrogen (secondary N) is 1. The largest absolute Gasteiger partial charge is 0.379 e. The maximum absolute atomic E-state index is 5.45. The number of fused-ring (bicyclic) bond motifs is 1. The summed E-state index contributed by atoms with van der Waals surface area (Å²) in [4.78, 5) is 12.4. The molecule has 1 saturated heterocycles. The molecule has 19 heavy (non-hydrogen) atoms. The molecule has 5 heteroatoms. The third kappa shape index (κ3) is 1.74. The molecule has 1 N–H and O–H groups in total. The third-order valence-corrected chi connectivity index (χ3v) is 3.57. The van der Waals surface area contributed by atoms with Gasteiger partial charge in [-0.1, -0.05) is 12.1 Å². The molecule has 0 bridgehead atoms. The number of nitrogens with zero attached hydrogens (tertiary/aromatic N) is 3. The molecule has 1 aromatic carbocycles. The van der Waals surface area contributed by atoms with Gasteiger partial charge in [0.25, 0.3) is 0 Å². The summed E-state index contributed by atoms with van der Waals surface area (Å²) in [5, 5.41) is 0. The van der Waals surface area contributed by atoms with Crippen molar-refractivity contribution >= 4 is 11.0 Å². The molecule has 1 unspecified atom stereocenters. The molecule has 1 aliphatic heterocycles. The van der Waals surface area contributed by atoms with Crippen LogP contribution in [0.2, 0.25) is 0 Å². The van der Waals surface area contributed by atoms with Crippen LogP contribution in [0.25, 0.3) is 22.7 Å². The van der Waals surface area contributed by atoms with Crippen LogP contribution >= 0.6 is 0 Å². The van der Waals surface area contributed by atoms with E-state index in [9.17, 15) is 0 Å². The second-order valence-corrected chi connectivity index (χ2v) is 4.78. The molecule has 5 nitrogen and oxygen atoms in total. The predicted octanol–water partition coefficient (Wildman–Crippen LogP) is 2.39. The fraction of sp³-hybridized carbons (Fsp3) is 0.286. The van der Waals surface area contributed by atoms with E-state index in [0.29, 0.717) is 6.04 Å². The molecule has 0 aliphatic carbocycles. The van der Waals surface area contributed by atoms with Gasteiger partial charge in [0.2, 0.25) is 0 Å². The number of benzene rings is 1. The zero-order valence-corrected chi connectivity index (χ0v) is 10.4. The van der Waals surface area contributed by atoms with Crippen molar-refractivity contribution in [2.24, 2.45) is 0 Å². The Morgan fingerprint density at radius 3 is 3.11 bits per heavy atom. The minimum atomic E-state index is 0.366. The van der Waals surface area contributed by atoms with Crippen LogP contribution in [0.15, 0.2) is 36.7 Å². The molecule has 3 aromatic rings. The third-order valence-electron chi connectivity index (χ3n) is 3.57. The summed E-state index contributed by atoms with van der Waals surface area (Å²) in [5.41, 5.74) is 2.00. The first kappa shape index (κ1) is 10.8. The molecule has 1 fully saturated rings. The standard InChI is InChI=1S/C14H14N4O/c1-2-4-12-11(3-1)16-13(17-12)14-15-6-7-18(14)10-5-8-19-9-10/h1-4,6-7,10H,5,8-9H2,(H,16,17). The van der Waals surface area contributed by atoms with Gasteiger partial charge >= 0.3 is 0 Å². The van der Waals surface area contributed by atoms with Crippen LogP contribution in [-0.4, -0.2) is 32.7 Å². The van der Waals surface area contributed by atoms with Crippen LogP contribution in [-0.2, 0) is 4.74 Å². The Kier molecular flexibility index (Phi) is 2.38. The average Bonchev–Trinajstić information content (AvgIpc) is 3.17. The molecule has 0 saturated carbocycles. The van der Waals surface area contributed by atoms with E-state index in [1.54, 1.807) is 0 Å². The van der Waals surface area contributed by atoms with E-state index < -0.39 is 0 Å². The number of ether oxygens (including phenoxy) is 1. The monoisotopic (exact) mass is 254 g/mol. The maximum Gasteiger partial charge on any atom is 0.176 e. The number of rotatable bonds is 2. The van der Waals surface area contributed by atoms with Crippen molar-refractivity contribution in [3.8, 4) is 11.6 Å². The van der Waals surface area contributed by atoms with Crippen LogP contribution in [0.5, 0.6) is 0 Å².